The zero-order valence-electron chi connectivity index (χ0n) is 7.67. The number of hydrogen-bond donors (Lipinski definition) is 2. The molecular weight excluding hydrogens is 202 g/mol. The average molecular weight is 211 g/mol. The van der Waals surface area contributed by atoms with Gasteiger partial charge in [-0.1, -0.05) is 6.07 Å². The van der Waals surface area contributed by atoms with Crippen molar-refractivity contribution in [1.29, 1.82) is 0 Å². The molecule has 6 heteroatoms. The first kappa shape index (κ1) is 11.0. The van der Waals surface area contributed by atoms with Crippen molar-refractivity contribution in [3.63, 3.8) is 0 Å². The van der Waals surface area contributed by atoms with Crippen LogP contribution in [-0.2, 0) is 9.63 Å². The number of carbonyl (C=O) groups is 2. The summed E-state index contributed by atoms with van der Waals surface area (Å²) in [5.74, 6) is 3.15. The maximum atomic E-state index is 11.0. The van der Waals surface area contributed by atoms with Gasteiger partial charge in [0.05, 0.1) is 5.56 Å². The maximum Gasteiger partial charge on any atom is 0.356 e. The fraction of sp³-hybridized carbons (Fsp3) is 0.111. The summed E-state index contributed by atoms with van der Waals surface area (Å²) >= 11 is 0. The van der Waals surface area contributed by atoms with Crippen LogP contribution in [0.15, 0.2) is 24.3 Å². The number of ether oxygens (including phenoxy) is 1. The van der Waals surface area contributed by atoms with Crippen LogP contribution in [0.25, 0.3) is 0 Å². The molecule has 0 unspecified atom stereocenters. The van der Waals surface area contributed by atoms with E-state index in [9.17, 15) is 9.59 Å². The van der Waals surface area contributed by atoms with E-state index in [-0.39, 0.29) is 11.3 Å². The number of benzene rings is 1. The van der Waals surface area contributed by atoms with Gasteiger partial charge in [-0.15, -0.1) is 0 Å². The van der Waals surface area contributed by atoms with E-state index in [1.807, 2.05) is 0 Å². The number of aliphatic carboxylic acids is 1. The van der Waals surface area contributed by atoms with Crippen LogP contribution in [0.3, 0.4) is 0 Å². The Morgan fingerprint density at radius 2 is 2.13 bits per heavy atom. The number of carboxylic acids is 1. The van der Waals surface area contributed by atoms with E-state index in [1.54, 1.807) is 0 Å². The first-order chi connectivity index (χ1) is 7.13. The standard InChI is InChI=1S/C9H9NO5/c10-15-9(13)6-2-1-3-7(4-6)14-5-8(11)12/h1-4H,5,10H2,(H,11,12). The molecule has 0 bridgehead atoms. The summed E-state index contributed by atoms with van der Waals surface area (Å²) in [4.78, 5) is 25.2. The number of hydrogen-bond acceptors (Lipinski definition) is 5. The average Bonchev–Trinajstić information content (AvgIpc) is 2.25. The van der Waals surface area contributed by atoms with Crippen LogP contribution in [0.5, 0.6) is 5.75 Å². The number of carboxylic acid groups (broad SMARTS) is 1. The van der Waals surface area contributed by atoms with Gasteiger partial charge in [-0.2, -0.15) is 5.90 Å². The highest BCUT2D eigenvalue weighted by molar-refractivity contribution is 5.89. The molecule has 0 aliphatic heterocycles. The summed E-state index contributed by atoms with van der Waals surface area (Å²) in [6, 6.07) is 5.88. The van der Waals surface area contributed by atoms with Crippen molar-refractivity contribution in [2.24, 2.45) is 5.90 Å². The molecule has 0 saturated carbocycles. The third kappa shape index (κ3) is 3.28. The molecule has 80 valence electrons. The van der Waals surface area contributed by atoms with Gasteiger partial charge in [-0.05, 0) is 18.2 Å². The Balaban J connectivity index is 2.74. The highest BCUT2D eigenvalue weighted by Crippen LogP contribution is 2.13. The highest BCUT2D eigenvalue weighted by atomic mass is 16.7. The quantitative estimate of drug-likeness (QED) is 0.689. The minimum Gasteiger partial charge on any atom is -0.482 e. The summed E-state index contributed by atoms with van der Waals surface area (Å²) < 4.78 is 4.85. The van der Waals surface area contributed by atoms with Crippen LogP contribution in [0.4, 0.5) is 0 Å². The summed E-state index contributed by atoms with van der Waals surface area (Å²) in [6.07, 6.45) is 0. The molecule has 1 aromatic rings. The molecule has 1 rings (SSSR count). The molecule has 0 heterocycles. The van der Waals surface area contributed by atoms with Crippen LogP contribution in [0, 0.1) is 0 Å². The SMILES string of the molecule is NOC(=O)c1cccc(OCC(=O)O)c1. The Morgan fingerprint density at radius 1 is 1.40 bits per heavy atom. The Kier molecular flexibility index (Phi) is 3.64. The summed E-state index contributed by atoms with van der Waals surface area (Å²) in [5.41, 5.74) is 0.195. The summed E-state index contributed by atoms with van der Waals surface area (Å²) in [7, 11) is 0. The predicted octanol–water partition coefficient (Wildman–Crippen LogP) is 0.180. The normalized spacial score (nSPS) is 9.40. The zero-order chi connectivity index (χ0) is 11.3. The van der Waals surface area contributed by atoms with Gasteiger partial charge in [0.2, 0.25) is 0 Å². The van der Waals surface area contributed by atoms with Gasteiger partial charge in [-0.3, -0.25) is 0 Å². The molecule has 0 fully saturated rings. The second-order valence-corrected chi connectivity index (χ2v) is 2.62. The molecule has 0 aliphatic carbocycles. The zero-order valence-corrected chi connectivity index (χ0v) is 7.67. The van der Waals surface area contributed by atoms with E-state index < -0.39 is 18.5 Å². The lowest BCUT2D eigenvalue weighted by Gasteiger charge is -2.04. The first-order valence-corrected chi connectivity index (χ1v) is 3.99. The lowest BCUT2D eigenvalue weighted by Crippen LogP contribution is -2.12. The van der Waals surface area contributed by atoms with Gasteiger partial charge in [0.15, 0.2) is 6.61 Å². The van der Waals surface area contributed by atoms with Gasteiger partial charge in [0.25, 0.3) is 0 Å². The van der Waals surface area contributed by atoms with E-state index in [0.29, 0.717) is 0 Å². The molecule has 6 nitrogen and oxygen atoms in total. The minimum absolute atomic E-state index is 0.195. The van der Waals surface area contributed by atoms with Gasteiger partial charge in [-0.25, -0.2) is 9.59 Å². The Labute approximate surface area is 85.2 Å². The van der Waals surface area contributed by atoms with Crippen LogP contribution in [0.2, 0.25) is 0 Å². The largest absolute Gasteiger partial charge is 0.482 e. The topological polar surface area (TPSA) is 98.9 Å². The molecule has 15 heavy (non-hydrogen) atoms. The molecule has 0 aromatic heterocycles. The molecular formula is C9H9NO5. The molecule has 0 radical (unpaired) electrons. The van der Waals surface area contributed by atoms with E-state index in [0.717, 1.165) is 0 Å². The fourth-order valence-electron chi connectivity index (χ4n) is 0.926. The van der Waals surface area contributed by atoms with E-state index in [4.69, 9.17) is 15.7 Å². The monoisotopic (exact) mass is 211 g/mol. The van der Waals surface area contributed by atoms with Crippen LogP contribution in [0.1, 0.15) is 10.4 Å². The fourth-order valence-corrected chi connectivity index (χ4v) is 0.926. The highest BCUT2D eigenvalue weighted by Gasteiger charge is 2.07. The van der Waals surface area contributed by atoms with Gasteiger partial charge < -0.3 is 14.7 Å². The smallest absolute Gasteiger partial charge is 0.356 e. The van der Waals surface area contributed by atoms with Crippen LogP contribution < -0.4 is 10.6 Å². The number of rotatable bonds is 4. The van der Waals surface area contributed by atoms with Crippen LogP contribution in [-0.4, -0.2) is 23.7 Å². The second kappa shape index (κ2) is 4.97. The first-order valence-electron chi connectivity index (χ1n) is 3.99. The van der Waals surface area contributed by atoms with Crippen molar-refractivity contribution in [3.8, 4) is 5.75 Å². The minimum atomic E-state index is -1.10. The molecule has 0 atom stereocenters. The lowest BCUT2D eigenvalue weighted by atomic mass is 10.2. The van der Waals surface area contributed by atoms with Crippen molar-refractivity contribution < 1.29 is 24.3 Å². The van der Waals surface area contributed by atoms with Crippen molar-refractivity contribution in [2.45, 2.75) is 0 Å². The van der Waals surface area contributed by atoms with Crippen LogP contribution >= 0.6 is 0 Å². The van der Waals surface area contributed by atoms with Gasteiger partial charge in [0, 0.05) is 0 Å². The van der Waals surface area contributed by atoms with Crippen molar-refractivity contribution in [3.05, 3.63) is 29.8 Å². The third-order valence-electron chi connectivity index (χ3n) is 1.54. The molecule has 0 amide bonds. The van der Waals surface area contributed by atoms with Gasteiger partial charge in [0.1, 0.15) is 5.75 Å². The van der Waals surface area contributed by atoms with E-state index >= 15 is 0 Å². The molecule has 1 aromatic carbocycles. The van der Waals surface area contributed by atoms with E-state index in [2.05, 4.69) is 4.84 Å². The third-order valence-corrected chi connectivity index (χ3v) is 1.54. The van der Waals surface area contributed by atoms with Crippen molar-refractivity contribution >= 4 is 11.9 Å². The van der Waals surface area contributed by atoms with Gasteiger partial charge >= 0.3 is 11.9 Å². The molecule has 0 aliphatic rings. The lowest BCUT2D eigenvalue weighted by molar-refractivity contribution is -0.139. The Morgan fingerprint density at radius 3 is 2.73 bits per heavy atom. The summed E-state index contributed by atoms with van der Waals surface area (Å²) in [6.45, 7) is -0.471. The molecule has 3 N–H and O–H groups in total. The second-order valence-electron chi connectivity index (χ2n) is 2.62. The molecule has 0 saturated heterocycles. The predicted molar refractivity (Wildman–Crippen MR) is 49.2 cm³/mol. The number of nitrogens with two attached hydrogens (primary N) is 1. The molecule has 0 spiro atoms. The maximum absolute atomic E-state index is 11.0. The van der Waals surface area contributed by atoms with E-state index in [1.165, 1.54) is 24.3 Å². The van der Waals surface area contributed by atoms with Crippen molar-refractivity contribution in [2.75, 3.05) is 6.61 Å². The summed E-state index contributed by atoms with van der Waals surface area (Å²) in [5, 5.41) is 8.36. The Bertz CT molecular complexity index is 377. The van der Waals surface area contributed by atoms with Crippen molar-refractivity contribution in [1.82, 2.24) is 0 Å². The number of carbonyl (C=O) groups excluding carboxylic acids is 1. The Hall–Kier alpha value is -2.08.